The third-order valence-corrected chi connectivity index (χ3v) is 0.437. The van der Waals surface area contributed by atoms with Gasteiger partial charge in [-0.3, -0.25) is 0 Å². The highest BCUT2D eigenvalue weighted by molar-refractivity contribution is 6.48. The molecule has 0 N–H and O–H groups in total. The highest BCUT2D eigenvalue weighted by atomic mass is 16.4. The summed E-state index contributed by atoms with van der Waals surface area (Å²) in [6.45, 7) is 9.66. The van der Waals surface area contributed by atoms with Crippen molar-refractivity contribution in [3.8, 4) is 0 Å². The van der Waals surface area contributed by atoms with Gasteiger partial charge in [-0.15, -0.1) is 0 Å². The van der Waals surface area contributed by atoms with E-state index >= 15 is 0 Å². The maximum Gasteiger partial charge on any atom is 0.351 e. The summed E-state index contributed by atoms with van der Waals surface area (Å²) < 4.78 is 5.06. The third kappa shape index (κ3) is 5.60. The first-order valence-corrected chi connectivity index (χ1v) is 2.45. The Hall–Kier alpha value is -0.395. The highest BCUT2D eigenvalue weighted by Crippen LogP contribution is 1.92. The van der Waals surface area contributed by atoms with Gasteiger partial charge in [0.05, 0.1) is 5.76 Å². The molecular formula is C5H11BO. The fourth-order valence-electron chi connectivity index (χ4n) is 0.402. The lowest BCUT2D eigenvalue weighted by Crippen LogP contribution is -2.04. The van der Waals surface area contributed by atoms with E-state index in [1.54, 1.807) is 0 Å². The molecule has 1 nitrogen and oxygen atoms in total. The zero-order chi connectivity index (χ0) is 5.86. The largest absolute Gasteiger partial charge is 0.565 e. The van der Waals surface area contributed by atoms with Crippen LogP contribution in [0.3, 0.4) is 0 Å². The molecule has 0 bridgehead atoms. The molecule has 0 aliphatic heterocycles. The van der Waals surface area contributed by atoms with Gasteiger partial charge in [-0.2, -0.15) is 0 Å². The first-order chi connectivity index (χ1) is 3.13. The van der Waals surface area contributed by atoms with E-state index in [-0.39, 0.29) is 6.92 Å². The molecule has 40 valence electrons. The van der Waals surface area contributed by atoms with Gasteiger partial charge in [0, 0.05) is 0 Å². The van der Waals surface area contributed by atoms with Gasteiger partial charge in [-0.1, -0.05) is 6.58 Å². The molecule has 0 aromatic heterocycles. The van der Waals surface area contributed by atoms with Crippen molar-refractivity contribution >= 4 is 6.92 Å². The molecule has 0 aromatic carbocycles. The molecule has 0 aromatic rings. The van der Waals surface area contributed by atoms with Crippen molar-refractivity contribution in [2.24, 2.45) is 0 Å². The smallest absolute Gasteiger partial charge is 0.351 e. The minimum absolute atomic E-state index is 0.275. The van der Waals surface area contributed by atoms with Gasteiger partial charge in [-0.25, -0.2) is 0 Å². The van der Waals surface area contributed by atoms with Crippen LogP contribution in [0.5, 0.6) is 0 Å². The van der Waals surface area contributed by atoms with Crippen molar-refractivity contribution < 1.29 is 4.65 Å². The van der Waals surface area contributed by atoms with Crippen molar-refractivity contribution in [1.82, 2.24) is 0 Å². The molecule has 0 heterocycles. The van der Waals surface area contributed by atoms with E-state index in [0.717, 1.165) is 5.76 Å². The lowest BCUT2D eigenvalue weighted by Gasteiger charge is -2.03. The SMILES string of the molecule is C=C(C)OB(C)C. The molecule has 0 unspecified atom stereocenters. The minimum Gasteiger partial charge on any atom is -0.565 e. The number of rotatable bonds is 2. The van der Waals surface area contributed by atoms with E-state index in [2.05, 4.69) is 6.58 Å². The molecule has 0 atom stereocenters. The van der Waals surface area contributed by atoms with E-state index in [4.69, 9.17) is 4.65 Å². The van der Waals surface area contributed by atoms with Gasteiger partial charge in [-0.05, 0) is 20.6 Å². The average molecular weight is 98.0 g/mol. The zero-order valence-corrected chi connectivity index (χ0v) is 5.19. The molecule has 0 aliphatic carbocycles. The fourth-order valence-corrected chi connectivity index (χ4v) is 0.402. The van der Waals surface area contributed by atoms with Gasteiger partial charge < -0.3 is 4.65 Å². The summed E-state index contributed by atoms with van der Waals surface area (Å²) in [4.78, 5) is 0. The van der Waals surface area contributed by atoms with Crippen LogP contribution in [-0.4, -0.2) is 6.92 Å². The van der Waals surface area contributed by atoms with Crippen molar-refractivity contribution in [3.05, 3.63) is 12.3 Å². The second kappa shape index (κ2) is 2.72. The molecule has 7 heavy (non-hydrogen) atoms. The Labute approximate surface area is 45.5 Å². The van der Waals surface area contributed by atoms with Crippen LogP contribution in [-0.2, 0) is 4.65 Å². The van der Waals surface area contributed by atoms with Crippen molar-refractivity contribution in [1.29, 1.82) is 0 Å². The Balaban J connectivity index is 3.13. The van der Waals surface area contributed by atoms with Gasteiger partial charge in [0.1, 0.15) is 0 Å². The van der Waals surface area contributed by atoms with Crippen LogP contribution in [0.2, 0.25) is 13.6 Å². The number of hydrogen-bond acceptors (Lipinski definition) is 1. The molecule has 0 amide bonds. The zero-order valence-electron chi connectivity index (χ0n) is 5.19. The summed E-state index contributed by atoms with van der Waals surface area (Å²) in [6, 6.07) is 0. The Bertz CT molecular complexity index is 68.5. The fraction of sp³-hybridized carbons (Fsp3) is 0.600. The average Bonchev–Trinajstić information content (AvgIpc) is 1.27. The molecule has 0 fully saturated rings. The number of allylic oxidation sites excluding steroid dienone is 1. The molecule has 0 saturated carbocycles. The number of hydrogen-bond donors (Lipinski definition) is 0. The molecule has 0 radical (unpaired) electrons. The van der Waals surface area contributed by atoms with Crippen LogP contribution in [0.1, 0.15) is 6.92 Å². The van der Waals surface area contributed by atoms with Crippen LogP contribution in [0, 0.1) is 0 Å². The summed E-state index contributed by atoms with van der Waals surface area (Å²) in [7, 11) is 0. The minimum atomic E-state index is 0.275. The Morgan fingerprint density at radius 1 is 1.57 bits per heavy atom. The Morgan fingerprint density at radius 2 is 2.00 bits per heavy atom. The normalized spacial score (nSPS) is 7.86. The second-order valence-electron chi connectivity index (χ2n) is 1.87. The summed E-state index contributed by atoms with van der Waals surface area (Å²) in [5.41, 5.74) is 0. The molecule has 0 saturated heterocycles. The highest BCUT2D eigenvalue weighted by Gasteiger charge is 1.96. The van der Waals surface area contributed by atoms with E-state index in [1.165, 1.54) is 0 Å². The van der Waals surface area contributed by atoms with Gasteiger partial charge in [0.2, 0.25) is 0 Å². The van der Waals surface area contributed by atoms with E-state index in [9.17, 15) is 0 Å². The maximum atomic E-state index is 5.06. The summed E-state index contributed by atoms with van der Waals surface area (Å²) in [5, 5.41) is 0. The van der Waals surface area contributed by atoms with Crippen molar-refractivity contribution in [2.45, 2.75) is 20.6 Å². The Kier molecular flexibility index (Phi) is 2.57. The Morgan fingerprint density at radius 3 is 2.00 bits per heavy atom. The quantitative estimate of drug-likeness (QED) is 0.377. The van der Waals surface area contributed by atoms with E-state index < -0.39 is 0 Å². The first-order valence-electron chi connectivity index (χ1n) is 2.45. The lowest BCUT2D eigenvalue weighted by atomic mass is 9.75. The first kappa shape index (κ1) is 6.60. The van der Waals surface area contributed by atoms with Gasteiger partial charge in [0.25, 0.3) is 0 Å². The monoisotopic (exact) mass is 98.1 g/mol. The molecule has 0 spiro atoms. The summed E-state index contributed by atoms with van der Waals surface area (Å²) >= 11 is 0. The van der Waals surface area contributed by atoms with E-state index in [1.807, 2.05) is 20.6 Å². The lowest BCUT2D eigenvalue weighted by molar-refractivity contribution is 0.446. The van der Waals surface area contributed by atoms with Crippen LogP contribution in [0.25, 0.3) is 0 Å². The predicted octanol–water partition coefficient (Wildman–Crippen LogP) is 1.79. The summed E-state index contributed by atoms with van der Waals surface area (Å²) in [6.07, 6.45) is 0. The van der Waals surface area contributed by atoms with Crippen molar-refractivity contribution in [2.75, 3.05) is 0 Å². The standard InChI is InChI=1S/C5H11BO/c1-5(2)7-6(3)4/h1H2,2-4H3. The van der Waals surface area contributed by atoms with Gasteiger partial charge in [0.15, 0.2) is 0 Å². The predicted molar refractivity (Wildman–Crippen MR) is 33.4 cm³/mol. The third-order valence-electron chi connectivity index (χ3n) is 0.437. The van der Waals surface area contributed by atoms with Crippen LogP contribution in [0.4, 0.5) is 0 Å². The summed E-state index contributed by atoms with van der Waals surface area (Å²) in [5.74, 6) is 0.787. The maximum absolute atomic E-state index is 5.06. The molecule has 2 heteroatoms. The van der Waals surface area contributed by atoms with Crippen molar-refractivity contribution in [3.63, 3.8) is 0 Å². The molecule has 0 rings (SSSR count). The topological polar surface area (TPSA) is 9.23 Å². The molecule has 0 aliphatic rings. The van der Waals surface area contributed by atoms with E-state index in [0.29, 0.717) is 0 Å². The van der Waals surface area contributed by atoms with Crippen LogP contribution >= 0.6 is 0 Å². The van der Waals surface area contributed by atoms with Crippen LogP contribution in [0.15, 0.2) is 12.3 Å². The molecular weight excluding hydrogens is 86.9 g/mol. The van der Waals surface area contributed by atoms with Crippen LogP contribution < -0.4 is 0 Å². The second-order valence-corrected chi connectivity index (χ2v) is 1.87. The van der Waals surface area contributed by atoms with Gasteiger partial charge >= 0.3 is 6.92 Å².